The zero-order valence-electron chi connectivity index (χ0n) is 43.3. The molecule has 0 amide bonds. The topological polar surface area (TPSA) is 78.9 Å². The Kier molecular flexibility index (Phi) is 52.2. The van der Waals surface area contributed by atoms with Crippen molar-refractivity contribution in [3.8, 4) is 0 Å². The number of hydrogen-bond donors (Lipinski definition) is 0. The normalized spacial score (nSPS) is 12.0. The number of unbranched alkanes of at least 4 members (excludes halogenated alkanes) is 40. The zero-order valence-corrected chi connectivity index (χ0v) is 43.3. The van der Waals surface area contributed by atoms with Crippen LogP contribution < -0.4 is 0 Å². The maximum atomic E-state index is 12.8. The Morgan fingerprint density at radius 3 is 0.797 bits per heavy atom. The highest BCUT2D eigenvalue weighted by Crippen LogP contribution is 2.17. The highest BCUT2D eigenvalue weighted by molar-refractivity contribution is 5.71. The van der Waals surface area contributed by atoms with Gasteiger partial charge in [0.2, 0.25) is 0 Å². The van der Waals surface area contributed by atoms with E-state index >= 15 is 0 Å². The second-order valence-electron chi connectivity index (χ2n) is 19.6. The van der Waals surface area contributed by atoms with Crippen molar-refractivity contribution in [2.75, 3.05) is 13.2 Å². The number of esters is 3. The van der Waals surface area contributed by atoms with Crippen LogP contribution in [-0.2, 0) is 28.6 Å². The van der Waals surface area contributed by atoms with E-state index < -0.39 is 6.10 Å². The van der Waals surface area contributed by atoms with Crippen LogP contribution in [0.4, 0.5) is 0 Å². The molecule has 0 saturated carbocycles. The highest BCUT2D eigenvalue weighted by atomic mass is 16.6. The molecule has 0 heterocycles. The number of allylic oxidation sites excluding steroid dienone is 2. The maximum absolute atomic E-state index is 12.8. The molecule has 0 aromatic rings. The standard InChI is InChI=1S/C58H110O6/c1-4-7-10-13-16-19-21-23-24-25-26-27-28-29-30-31-32-33-35-36-39-42-45-48-51-57(60)63-54-55(53-62-56(59)50-47-44-41-38-18-15-12-9-6-3)64-58(61)52-49-46-43-40-37-34-22-20-17-14-11-8-5-2/h20,22,55H,4-19,21,23-54H2,1-3H3/b22-20-. The summed E-state index contributed by atoms with van der Waals surface area (Å²) in [5.41, 5.74) is 0. The van der Waals surface area contributed by atoms with Gasteiger partial charge in [-0.2, -0.15) is 0 Å². The molecule has 6 heteroatoms. The minimum atomic E-state index is -0.767. The molecule has 6 nitrogen and oxygen atoms in total. The van der Waals surface area contributed by atoms with Crippen molar-refractivity contribution in [1.82, 2.24) is 0 Å². The first-order valence-electron chi connectivity index (χ1n) is 28.7. The summed E-state index contributed by atoms with van der Waals surface area (Å²) in [7, 11) is 0. The molecule has 1 atom stereocenters. The first-order chi connectivity index (χ1) is 31.5. The van der Waals surface area contributed by atoms with Crippen LogP contribution >= 0.6 is 0 Å². The van der Waals surface area contributed by atoms with E-state index in [2.05, 4.69) is 32.9 Å². The van der Waals surface area contributed by atoms with E-state index in [9.17, 15) is 14.4 Å². The van der Waals surface area contributed by atoms with Gasteiger partial charge in [0, 0.05) is 19.3 Å². The molecule has 0 saturated heterocycles. The summed E-state index contributed by atoms with van der Waals surface area (Å²) in [5.74, 6) is -0.860. The summed E-state index contributed by atoms with van der Waals surface area (Å²) in [6, 6.07) is 0. The van der Waals surface area contributed by atoms with Crippen molar-refractivity contribution in [2.24, 2.45) is 0 Å². The van der Waals surface area contributed by atoms with Crippen LogP contribution in [0.2, 0.25) is 0 Å². The third kappa shape index (κ3) is 51.1. The van der Waals surface area contributed by atoms with Crippen molar-refractivity contribution >= 4 is 17.9 Å². The number of ether oxygens (including phenoxy) is 3. The lowest BCUT2D eigenvalue weighted by molar-refractivity contribution is -0.167. The molecule has 1 unspecified atom stereocenters. The molecule has 378 valence electrons. The fraction of sp³-hybridized carbons (Fsp3) is 0.914. The van der Waals surface area contributed by atoms with Gasteiger partial charge in [-0.1, -0.05) is 270 Å². The van der Waals surface area contributed by atoms with Crippen LogP contribution in [-0.4, -0.2) is 37.2 Å². The van der Waals surface area contributed by atoms with E-state index in [4.69, 9.17) is 14.2 Å². The molecule has 64 heavy (non-hydrogen) atoms. The monoisotopic (exact) mass is 903 g/mol. The van der Waals surface area contributed by atoms with E-state index in [0.717, 1.165) is 64.2 Å². The molecule has 0 aliphatic heterocycles. The molecule has 0 rings (SSSR count). The minimum Gasteiger partial charge on any atom is -0.462 e. The molecule has 0 spiro atoms. The van der Waals surface area contributed by atoms with Crippen molar-refractivity contribution < 1.29 is 28.6 Å². The van der Waals surface area contributed by atoms with Crippen molar-refractivity contribution in [1.29, 1.82) is 0 Å². The van der Waals surface area contributed by atoms with Gasteiger partial charge in [-0.05, 0) is 44.9 Å². The Balaban J connectivity index is 4.12. The van der Waals surface area contributed by atoms with Crippen LogP contribution in [0.25, 0.3) is 0 Å². The second-order valence-corrected chi connectivity index (χ2v) is 19.6. The van der Waals surface area contributed by atoms with E-state index in [1.165, 1.54) is 218 Å². The van der Waals surface area contributed by atoms with Gasteiger partial charge in [-0.15, -0.1) is 0 Å². The Bertz CT molecular complexity index is 993. The molecular weight excluding hydrogens is 793 g/mol. The fourth-order valence-corrected chi connectivity index (χ4v) is 8.68. The second kappa shape index (κ2) is 53.8. The minimum absolute atomic E-state index is 0.0680. The van der Waals surface area contributed by atoms with Gasteiger partial charge < -0.3 is 14.2 Å². The summed E-state index contributed by atoms with van der Waals surface area (Å²) < 4.78 is 16.8. The highest BCUT2D eigenvalue weighted by Gasteiger charge is 2.19. The van der Waals surface area contributed by atoms with Gasteiger partial charge in [0.1, 0.15) is 13.2 Å². The quantitative estimate of drug-likeness (QED) is 0.0262. The summed E-state index contributed by atoms with van der Waals surface area (Å²) in [4.78, 5) is 37.9. The van der Waals surface area contributed by atoms with Crippen LogP contribution in [0, 0.1) is 0 Å². The predicted molar refractivity (Wildman–Crippen MR) is 275 cm³/mol. The average Bonchev–Trinajstić information content (AvgIpc) is 3.29. The maximum Gasteiger partial charge on any atom is 0.306 e. The van der Waals surface area contributed by atoms with Gasteiger partial charge in [-0.25, -0.2) is 0 Å². The smallest absolute Gasteiger partial charge is 0.306 e. The zero-order chi connectivity index (χ0) is 46.5. The lowest BCUT2D eigenvalue weighted by Gasteiger charge is -2.18. The number of rotatable bonds is 53. The van der Waals surface area contributed by atoms with E-state index in [1.807, 2.05) is 0 Å². The van der Waals surface area contributed by atoms with Crippen molar-refractivity contribution in [2.45, 2.75) is 329 Å². The predicted octanol–water partition coefficient (Wildman–Crippen LogP) is 18.9. The number of carbonyl (C=O) groups excluding carboxylic acids is 3. The number of carbonyl (C=O) groups is 3. The van der Waals surface area contributed by atoms with E-state index in [1.54, 1.807) is 0 Å². The molecular formula is C58H110O6. The molecule has 0 aromatic heterocycles. The fourth-order valence-electron chi connectivity index (χ4n) is 8.68. The molecule has 0 aliphatic carbocycles. The molecule has 0 bridgehead atoms. The lowest BCUT2D eigenvalue weighted by Crippen LogP contribution is -2.30. The van der Waals surface area contributed by atoms with Gasteiger partial charge in [-0.3, -0.25) is 14.4 Å². The average molecular weight is 904 g/mol. The van der Waals surface area contributed by atoms with Gasteiger partial charge in [0.05, 0.1) is 0 Å². The van der Waals surface area contributed by atoms with E-state index in [-0.39, 0.29) is 31.1 Å². The third-order valence-corrected chi connectivity index (χ3v) is 13.0. The van der Waals surface area contributed by atoms with Gasteiger partial charge in [0.15, 0.2) is 6.10 Å². The first kappa shape index (κ1) is 62.1. The molecule has 0 N–H and O–H groups in total. The molecule has 0 aliphatic rings. The van der Waals surface area contributed by atoms with E-state index in [0.29, 0.717) is 19.3 Å². The summed E-state index contributed by atoms with van der Waals surface area (Å²) in [6.07, 6.45) is 60.8. The van der Waals surface area contributed by atoms with Crippen molar-refractivity contribution in [3.05, 3.63) is 12.2 Å². The Morgan fingerprint density at radius 1 is 0.297 bits per heavy atom. The Morgan fingerprint density at radius 2 is 0.516 bits per heavy atom. The SMILES string of the molecule is CCCCCC/C=C\CCCCCCCC(=O)OC(COC(=O)CCCCCCCCCCC)COC(=O)CCCCCCCCCCCCCCCCCCCCCCCCCC. The summed E-state index contributed by atoms with van der Waals surface area (Å²) >= 11 is 0. The third-order valence-electron chi connectivity index (χ3n) is 13.0. The van der Waals surface area contributed by atoms with Crippen LogP contribution in [0.3, 0.4) is 0 Å². The van der Waals surface area contributed by atoms with Crippen LogP contribution in [0.1, 0.15) is 323 Å². The van der Waals surface area contributed by atoms with Crippen LogP contribution in [0.15, 0.2) is 12.2 Å². The van der Waals surface area contributed by atoms with Gasteiger partial charge in [0.25, 0.3) is 0 Å². The van der Waals surface area contributed by atoms with Crippen molar-refractivity contribution in [3.63, 3.8) is 0 Å². The Labute approximate surface area is 399 Å². The first-order valence-corrected chi connectivity index (χ1v) is 28.7. The summed E-state index contributed by atoms with van der Waals surface area (Å²) in [5, 5.41) is 0. The molecule has 0 aromatic carbocycles. The molecule has 0 radical (unpaired) electrons. The number of hydrogen-bond acceptors (Lipinski definition) is 6. The summed E-state index contributed by atoms with van der Waals surface area (Å²) in [6.45, 7) is 6.65. The lowest BCUT2D eigenvalue weighted by atomic mass is 10.0. The Hall–Kier alpha value is -1.85. The van der Waals surface area contributed by atoms with Gasteiger partial charge >= 0.3 is 17.9 Å². The van der Waals surface area contributed by atoms with Crippen LogP contribution in [0.5, 0.6) is 0 Å². The molecule has 0 fully saturated rings. The largest absolute Gasteiger partial charge is 0.462 e.